The van der Waals surface area contributed by atoms with Gasteiger partial charge in [0.05, 0.1) is 19.3 Å². The van der Waals surface area contributed by atoms with Crippen molar-refractivity contribution < 1.29 is 24.2 Å². The Labute approximate surface area is 196 Å². The second kappa shape index (κ2) is 10.3. The number of nitrogens with one attached hydrogen (secondary N) is 1. The molecule has 3 aliphatic heterocycles. The van der Waals surface area contributed by atoms with Crippen LogP contribution >= 0.6 is 0 Å². The standard InChI is InChI=1S/C25H37N3O5/c1-3-12-25(23(30)28(24(31)26-25)17-20-8-6-15-33-20)19-10-13-27(14-11-19)16-18-7-5-9-21(22(18)29)32-4-2/h5,7,9,19-20,29H,3-4,6,8,10-17H2,1-2H3,(H,26,31)/t20-,25-/m1/s1. The fraction of sp³-hybridized carbons (Fsp3) is 0.680. The Morgan fingerprint density at radius 1 is 1.21 bits per heavy atom. The van der Waals surface area contributed by atoms with Crippen molar-refractivity contribution in [3.8, 4) is 11.5 Å². The highest BCUT2D eigenvalue weighted by Crippen LogP contribution is 2.38. The molecule has 2 atom stereocenters. The van der Waals surface area contributed by atoms with Gasteiger partial charge in [-0.15, -0.1) is 0 Å². The summed E-state index contributed by atoms with van der Waals surface area (Å²) in [6, 6.07) is 5.33. The second-order valence-electron chi connectivity index (χ2n) is 9.45. The molecule has 2 N–H and O–H groups in total. The number of carbonyl (C=O) groups is 2. The van der Waals surface area contributed by atoms with Crippen molar-refractivity contribution >= 4 is 11.9 Å². The summed E-state index contributed by atoms with van der Waals surface area (Å²) in [6.45, 7) is 7.77. The molecule has 0 spiro atoms. The third-order valence-corrected chi connectivity index (χ3v) is 7.32. The summed E-state index contributed by atoms with van der Waals surface area (Å²) in [5, 5.41) is 13.7. The van der Waals surface area contributed by atoms with Crippen LogP contribution in [-0.4, -0.2) is 71.3 Å². The van der Waals surface area contributed by atoms with E-state index in [4.69, 9.17) is 9.47 Å². The molecule has 33 heavy (non-hydrogen) atoms. The fourth-order valence-electron chi connectivity index (χ4n) is 5.64. The molecule has 8 nitrogen and oxygen atoms in total. The molecule has 0 aromatic heterocycles. The van der Waals surface area contributed by atoms with E-state index in [1.165, 1.54) is 4.90 Å². The van der Waals surface area contributed by atoms with Gasteiger partial charge in [-0.1, -0.05) is 25.5 Å². The quantitative estimate of drug-likeness (QED) is 0.551. The molecular weight excluding hydrogens is 422 g/mol. The van der Waals surface area contributed by atoms with Crippen LogP contribution < -0.4 is 10.1 Å². The van der Waals surface area contributed by atoms with Gasteiger partial charge in [-0.25, -0.2) is 4.79 Å². The second-order valence-corrected chi connectivity index (χ2v) is 9.45. The highest BCUT2D eigenvalue weighted by Gasteiger charge is 2.55. The molecule has 0 radical (unpaired) electrons. The number of likely N-dealkylation sites (tertiary alicyclic amines) is 1. The number of phenols is 1. The SMILES string of the molecule is CCC[C@]1(C2CCN(Cc3cccc(OCC)c3O)CC2)NC(=O)N(C[C@H]2CCCO2)C1=O. The number of urea groups is 1. The molecule has 3 fully saturated rings. The number of amides is 3. The molecule has 0 saturated carbocycles. The number of nitrogens with zero attached hydrogens (tertiary/aromatic N) is 2. The van der Waals surface area contributed by atoms with Crippen LogP contribution in [0.15, 0.2) is 18.2 Å². The van der Waals surface area contributed by atoms with Crippen molar-refractivity contribution in [3.63, 3.8) is 0 Å². The Bertz CT molecular complexity index is 848. The molecule has 3 heterocycles. The van der Waals surface area contributed by atoms with Gasteiger partial charge in [-0.3, -0.25) is 14.6 Å². The first kappa shape index (κ1) is 23.8. The zero-order valence-corrected chi connectivity index (χ0v) is 19.8. The number of phenolic OH excluding ortho intramolecular Hbond substituents is 1. The van der Waals surface area contributed by atoms with E-state index in [9.17, 15) is 14.7 Å². The minimum atomic E-state index is -0.812. The van der Waals surface area contributed by atoms with Crippen LogP contribution in [0.2, 0.25) is 0 Å². The first-order valence-corrected chi connectivity index (χ1v) is 12.4. The normalized spacial score (nSPS) is 26.7. The first-order chi connectivity index (χ1) is 16.0. The molecule has 3 aliphatic rings. The minimum absolute atomic E-state index is 0.0425. The van der Waals surface area contributed by atoms with Crippen LogP contribution in [0, 0.1) is 5.92 Å². The molecule has 3 amide bonds. The molecule has 182 valence electrons. The van der Waals surface area contributed by atoms with E-state index in [0.29, 0.717) is 38.5 Å². The van der Waals surface area contributed by atoms with Gasteiger partial charge in [0.1, 0.15) is 5.54 Å². The summed E-state index contributed by atoms with van der Waals surface area (Å²) in [7, 11) is 0. The maximum atomic E-state index is 13.6. The molecule has 4 rings (SSSR count). The smallest absolute Gasteiger partial charge is 0.325 e. The number of hydrogen-bond acceptors (Lipinski definition) is 6. The monoisotopic (exact) mass is 459 g/mol. The number of para-hydroxylation sites is 1. The lowest BCUT2D eigenvalue weighted by atomic mass is 9.74. The van der Waals surface area contributed by atoms with E-state index in [-0.39, 0.29) is 29.7 Å². The first-order valence-electron chi connectivity index (χ1n) is 12.4. The van der Waals surface area contributed by atoms with E-state index >= 15 is 0 Å². The molecule has 0 unspecified atom stereocenters. The summed E-state index contributed by atoms with van der Waals surface area (Å²) >= 11 is 0. The number of carbonyl (C=O) groups excluding carboxylic acids is 2. The average molecular weight is 460 g/mol. The molecule has 1 aromatic rings. The van der Waals surface area contributed by atoms with Crippen LogP contribution in [0.4, 0.5) is 4.79 Å². The molecular formula is C25H37N3O5. The van der Waals surface area contributed by atoms with Crippen LogP contribution in [0.25, 0.3) is 0 Å². The van der Waals surface area contributed by atoms with E-state index < -0.39 is 5.54 Å². The van der Waals surface area contributed by atoms with E-state index in [0.717, 1.165) is 50.8 Å². The Morgan fingerprint density at radius 2 is 2.00 bits per heavy atom. The van der Waals surface area contributed by atoms with Crippen LogP contribution in [0.3, 0.4) is 0 Å². The lowest BCUT2D eigenvalue weighted by molar-refractivity contribution is -0.135. The van der Waals surface area contributed by atoms with Gasteiger partial charge in [0, 0.05) is 18.7 Å². The number of aromatic hydroxyl groups is 1. The van der Waals surface area contributed by atoms with Crippen molar-refractivity contribution in [2.45, 2.75) is 70.6 Å². The van der Waals surface area contributed by atoms with Crippen LogP contribution in [0.5, 0.6) is 11.5 Å². The zero-order valence-electron chi connectivity index (χ0n) is 19.8. The van der Waals surface area contributed by atoms with Gasteiger partial charge in [0.2, 0.25) is 0 Å². The van der Waals surface area contributed by atoms with Crippen molar-refractivity contribution in [2.24, 2.45) is 5.92 Å². The maximum absolute atomic E-state index is 13.6. The predicted octanol–water partition coefficient (Wildman–Crippen LogP) is 3.27. The summed E-state index contributed by atoms with van der Waals surface area (Å²) < 4.78 is 11.2. The van der Waals surface area contributed by atoms with Crippen molar-refractivity contribution in [1.82, 2.24) is 15.1 Å². The van der Waals surface area contributed by atoms with Crippen molar-refractivity contribution in [3.05, 3.63) is 23.8 Å². The molecule has 0 bridgehead atoms. The summed E-state index contributed by atoms with van der Waals surface area (Å²) in [4.78, 5) is 30.1. The Hall–Kier alpha value is -2.32. The molecule has 8 heteroatoms. The number of hydrogen-bond donors (Lipinski definition) is 2. The molecule has 1 aromatic carbocycles. The summed E-state index contributed by atoms with van der Waals surface area (Å²) in [5.74, 6) is 0.734. The van der Waals surface area contributed by atoms with E-state index in [2.05, 4.69) is 17.1 Å². The van der Waals surface area contributed by atoms with E-state index in [1.54, 1.807) is 6.07 Å². The van der Waals surface area contributed by atoms with Crippen LogP contribution in [-0.2, 0) is 16.1 Å². The van der Waals surface area contributed by atoms with Gasteiger partial charge in [-0.2, -0.15) is 0 Å². The summed E-state index contributed by atoms with van der Waals surface area (Å²) in [6.07, 6.45) is 4.97. The Morgan fingerprint density at radius 3 is 2.67 bits per heavy atom. The minimum Gasteiger partial charge on any atom is -0.504 e. The lowest BCUT2D eigenvalue weighted by Gasteiger charge is -2.41. The Kier molecular flexibility index (Phi) is 7.44. The van der Waals surface area contributed by atoms with Gasteiger partial charge < -0.3 is 19.9 Å². The maximum Gasteiger partial charge on any atom is 0.325 e. The average Bonchev–Trinajstić information content (AvgIpc) is 3.40. The highest BCUT2D eigenvalue weighted by molar-refractivity contribution is 6.07. The van der Waals surface area contributed by atoms with Gasteiger partial charge in [0.25, 0.3) is 5.91 Å². The topological polar surface area (TPSA) is 91.3 Å². The van der Waals surface area contributed by atoms with Gasteiger partial charge in [-0.05, 0) is 64.1 Å². The number of imide groups is 1. The third-order valence-electron chi connectivity index (χ3n) is 7.32. The van der Waals surface area contributed by atoms with E-state index in [1.807, 2.05) is 19.1 Å². The zero-order chi connectivity index (χ0) is 23.4. The van der Waals surface area contributed by atoms with Crippen LogP contribution in [0.1, 0.15) is 57.9 Å². The summed E-state index contributed by atoms with van der Waals surface area (Å²) in [5.41, 5.74) is 0.0312. The molecule has 3 saturated heterocycles. The van der Waals surface area contributed by atoms with Gasteiger partial charge in [0.15, 0.2) is 11.5 Å². The number of ether oxygens (including phenoxy) is 2. The predicted molar refractivity (Wildman–Crippen MR) is 124 cm³/mol. The number of piperidine rings is 1. The number of benzene rings is 1. The largest absolute Gasteiger partial charge is 0.504 e. The van der Waals surface area contributed by atoms with Crippen molar-refractivity contribution in [1.29, 1.82) is 0 Å². The van der Waals surface area contributed by atoms with Gasteiger partial charge >= 0.3 is 6.03 Å². The third kappa shape index (κ3) is 4.82. The molecule has 0 aliphatic carbocycles. The lowest BCUT2D eigenvalue weighted by Crippen LogP contribution is -2.56. The Balaban J connectivity index is 1.41. The fourth-order valence-corrected chi connectivity index (χ4v) is 5.64. The highest BCUT2D eigenvalue weighted by atomic mass is 16.5. The van der Waals surface area contributed by atoms with Crippen molar-refractivity contribution in [2.75, 3.05) is 32.8 Å². The number of rotatable bonds is 9.